The predicted octanol–water partition coefficient (Wildman–Crippen LogP) is 7.79. The van der Waals surface area contributed by atoms with Gasteiger partial charge < -0.3 is 9.80 Å². The van der Waals surface area contributed by atoms with Gasteiger partial charge in [0, 0.05) is 70.2 Å². The standard InChI is InChI=1S/C33H44N3S/c1-9-34(10-2)25-15-17-28-30(21-25)37-31-22-26(35(11-3)12-4)16-18-29(31)33(28)32-23(7)19-27(20-24(32)8)36(13-5)14-6/h15-22H,9-14H2,1-8H3/q+1. The van der Waals surface area contributed by atoms with Crippen molar-refractivity contribution in [2.45, 2.75) is 55.4 Å². The van der Waals surface area contributed by atoms with E-state index in [1.807, 2.05) is 11.3 Å². The summed E-state index contributed by atoms with van der Waals surface area (Å²) in [4.78, 5) is 6.24. The van der Waals surface area contributed by atoms with Crippen LogP contribution in [0.1, 0.15) is 52.7 Å². The minimum Gasteiger partial charge on any atom is -0.372 e. The summed E-state index contributed by atoms with van der Waals surface area (Å²) < 4.78 is 3.80. The van der Waals surface area contributed by atoms with Gasteiger partial charge in [-0.25, -0.2) is 4.58 Å². The van der Waals surface area contributed by atoms with E-state index in [2.05, 4.69) is 118 Å². The lowest BCUT2D eigenvalue weighted by atomic mass is 9.89. The van der Waals surface area contributed by atoms with Crippen molar-refractivity contribution in [1.29, 1.82) is 0 Å². The number of rotatable bonds is 9. The molecule has 0 atom stereocenters. The summed E-state index contributed by atoms with van der Waals surface area (Å²) in [5.41, 5.74) is 9.44. The molecule has 1 heterocycles. The van der Waals surface area contributed by atoms with Gasteiger partial charge in [0.1, 0.15) is 13.1 Å². The minimum atomic E-state index is 1.02. The van der Waals surface area contributed by atoms with Crippen LogP contribution in [-0.4, -0.2) is 39.3 Å². The first-order chi connectivity index (χ1) is 17.9. The molecule has 2 aromatic rings. The van der Waals surface area contributed by atoms with Crippen LogP contribution in [0, 0.1) is 13.8 Å². The molecule has 2 aromatic carbocycles. The Morgan fingerprint density at radius 1 is 0.649 bits per heavy atom. The molecular weight excluding hydrogens is 470 g/mol. The number of anilines is 2. The molecule has 4 heteroatoms. The van der Waals surface area contributed by atoms with E-state index in [-0.39, 0.29) is 0 Å². The summed E-state index contributed by atoms with van der Waals surface area (Å²) in [7, 11) is 0. The van der Waals surface area contributed by atoms with Crippen molar-refractivity contribution in [2.24, 2.45) is 0 Å². The molecule has 0 saturated heterocycles. The molecule has 0 aromatic heterocycles. The van der Waals surface area contributed by atoms with Gasteiger partial charge in [-0.3, -0.25) is 0 Å². The molecule has 0 spiro atoms. The van der Waals surface area contributed by atoms with Gasteiger partial charge >= 0.3 is 0 Å². The molecule has 196 valence electrons. The molecule has 37 heavy (non-hydrogen) atoms. The Morgan fingerprint density at radius 2 is 1.24 bits per heavy atom. The van der Waals surface area contributed by atoms with E-state index in [0.717, 1.165) is 39.3 Å². The third kappa shape index (κ3) is 5.13. The van der Waals surface area contributed by atoms with Crippen LogP contribution in [-0.2, 0) is 0 Å². The molecule has 0 radical (unpaired) electrons. The Balaban J connectivity index is 2.09. The van der Waals surface area contributed by atoms with Gasteiger partial charge in [-0.05, 0) is 108 Å². The quantitative estimate of drug-likeness (QED) is 0.166. The van der Waals surface area contributed by atoms with Gasteiger partial charge in [-0.1, -0.05) is 6.07 Å². The first-order valence-electron chi connectivity index (χ1n) is 14.1. The first kappa shape index (κ1) is 27.2. The minimum absolute atomic E-state index is 1.02. The van der Waals surface area contributed by atoms with Crippen molar-refractivity contribution in [3.63, 3.8) is 0 Å². The zero-order valence-corrected chi connectivity index (χ0v) is 24.9. The molecular formula is C33H44N3S+. The summed E-state index contributed by atoms with van der Waals surface area (Å²) in [5, 5.41) is 2.66. The zero-order chi connectivity index (χ0) is 26.7. The van der Waals surface area contributed by atoms with E-state index in [0.29, 0.717) is 0 Å². The number of nitrogens with zero attached hydrogens (tertiary/aromatic N) is 3. The first-order valence-corrected chi connectivity index (χ1v) is 14.9. The second-order valence-electron chi connectivity index (χ2n) is 9.81. The fraction of sp³-hybridized carbons (Fsp3) is 0.424. The normalized spacial score (nSPS) is 11.4. The highest BCUT2D eigenvalue weighted by molar-refractivity contribution is 7.21. The lowest BCUT2D eigenvalue weighted by molar-refractivity contribution is 0.626. The van der Waals surface area contributed by atoms with Crippen molar-refractivity contribution in [2.75, 3.05) is 49.1 Å². The van der Waals surface area contributed by atoms with Gasteiger partial charge in [0.05, 0.1) is 0 Å². The monoisotopic (exact) mass is 514 g/mol. The highest BCUT2D eigenvalue weighted by atomic mass is 32.1. The summed E-state index contributed by atoms with van der Waals surface area (Å²) in [5.74, 6) is 0. The Kier molecular flexibility index (Phi) is 8.59. The van der Waals surface area contributed by atoms with Gasteiger partial charge in [-0.2, -0.15) is 0 Å². The van der Waals surface area contributed by atoms with Crippen molar-refractivity contribution < 1.29 is 0 Å². The van der Waals surface area contributed by atoms with Gasteiger partial charge in [0.2, 0.25) is 5.36 Å². The number of hydrogen-bond donors (Lipinski definition) is 0. The van der Waals surface area contributed by atoms with E-state index in [1.54, 1.807) is 0 Å². The highest BCUT2D eigenvalue weighted by Gasteiger charge is 2.21. The smallest absolute Gasteiger partial charge is 0.201 e. The molecule has 4 rings (SSSR count). The Morgan fingerprint density at radius 3 is 1.81 bits per heavy atom. The van der Waals surface area contributed by atoms with Crippen LogP contribution in [0.2, 0.25) is 0 Å². The summed E-state index contributed by atoms with van der Waals surface area (Å²) in [6.45, 7) is 24.1. The number of fused-ring (bicyclic) bond motifs is 2. The highest BCUT2D eigenvalue weighted by Crippen LogP contribution is 2.46. The zero-order valence-electron chi connectivity index (χ0n) is 24.1. The second-order valence-corrected chi connectivity index (χ2v) is 10.9. The van der Waals surface area contributed by atoms with E-state index in [1.165, 1.54) is 59.5 Å². The lowest BCUT2D eigenvalue weighted by Gasteiger charge is -2.25. The SMILES string of the molecule is CCN(CC)c1cc(C)c(-c2c3ccc(=[N+](CC)CC)cc-3sc3cc(N(CC)CC)ccc23)c(C)c1. The Bertz CT molecular complexity index is 1390. The number of benzene rings is 3. The van der Waals surface area contributed by atoms with Gasteiger partial charge in [0.25, 0.3) is 0 Å². The Hall–Kier alpha value is -2.85. The molecule has 0 amide bonds. The molecule has 2 aliphatic rings. The molecule has 0 unspecified atom stereocenters. The van der Waals surface area contributed by atoms with Crippen LogP contribution in [0.15, 0.2) is 48.5 Å². The van der Waals surface area contributed by atoms with Crippen molar-refractivity contribution in [3.05, 3.63) is 65.0 Å². The predicted molar refractivity (Wildman–Crippen MR) is 167 cm³/mol. The van der Waals surface area contributed by atoms with Crippen molar-refractivity contribution >= 4 is 32.8 Å². The molecule has 1 aliphatic heterocycles. The second kappa shape index (κ2) is 11.7. The van der Waals surface area contributed by atoms with Crippen molar-refractivity contribution in [1.82, 2.24) is 4.58 Å². The van der Waals surface area contributed by atoms with E-state index in [4.69, 9.17) is 0 Å². The van der Waals surface area contributed by atoms with Crippen LogP contribution in [0.5, 0.6) is 0 Å². The van der Waals surface area contributed by atoms with Crippen LogP contribution in [0.4, 0.5) is 11.4 Å². The largest absolute Gasteiger partial charge is 0.372 e. The molecule has 0 fully saturated rings. The maximum absolute atomic E-state index is 2.44. The average molecular weight is 515 g/mol. The number of aryl methyl sites for hydroxylation is 2. The third-order valence-corrected chi connectivity index (χ3v) is 8.96. The maximum Gasteiger partial charge on any atom is 0.201 e. The molecule has 3 nitrogen and oxygen atoms in total. The van der Waals surface area contributed by atoms with Gasteiger partial charge in [0.15, 0.2) is 0 Å². The fourth-order valence-electron chi connectivity index (χ4n) is 5.81. The average Bonchev–Trinajstić information content (AvgIpc) is 2.90. The van der Waals surface area contributed by atoms with Crippen LogP contribution >= 0.6 is 11.3 Å². The topological polar surface area (TPSA) is 9.49 Å². The van der Waals surface area contributed by atoms with Crippen LogP contribution in [0.25, 0.3) is 31.7 Å². The third-order valence-electron chi connectivity index (χ3n) is 7.84. The van der Waals surface area contributed by atoms with E-state index < -0.39 is 0 Å². The molecule has 0 bridgehead atoms. The van der Waals surface area contributed by atoms with E-state index >= 15 is 0 Å². The van der Waals surface area contributed by atoms with Gasteiger partial charge in [-0.15, -0.1) is 11.3 Å². The molecule has 0 N–H and O–H groups in total. The summed E-state index contributed by atoms with van der Waals surface area (Å²) >= 11 is 1.93. The van der Waals surface area contributed by atoms with E-state index in [9.17, 15) is 0 Å². The fourth-order valence-corrected chi connectivity index (χ4v) is 6.97. The van der Waals surface area contributed by atoms with Crippen LogP contribution < -0.4 is 19.7 Å². The van der Waals surface area contributed by atoms with Crippen molar-refractivity contribution in [3.8, 4) is 21.6 Å². The molecule has 1 aliphatic carbocycles. The summed E-state index contributed by atoms with van der Waals surface area (Å²) in [6, 6.07) is 19.0. The summed E-state index contributed by atoms with van der Waals surface area (Å²) in [6.07, 6.45) is 0. The number of hydrogen-bond acceptors (Lipinski definition) is 3. The molecule has 0 saturated carbocycles. The Labute approximate surface area is 228 Å². The van der Waals surface area contributed by atoms with Crippen LogP contribution in [0.3, 0.4) is 0 Å². The maximum atomic E-state index is 2.44. The lowest BCUT2D eigenvalue weighted by Crippen LogP contribution is -2.29.